The second-order valence-electron chi connectivity index (χ2n) is 3.97. The van der Waals surface area contributed by atoms with Gasteiger partial charge >= 0.3 is 0 Å². The zero-order chi connectivity index (χ0) is 13.8. The molecule has 2 rings (SSSR count). The van der Waals surface area contributed by atoms with Gasteiger partial charge in [-0.3, -0.25) is 9.59 Å². The van der Waals surface area contributed by atoms with Gasteiger partial charge in [-0.2, -0.15) is 5.10 Å². The number of carbonyl (C=O) groups is 1. The number of amides is 1. The van der Waals surface area contributed by atoms with Crippen molar-refractivity contribution in [2.24, 2.45) is 0 Å². The first-order valence-corrected chi connectivity index (χ1v) is 6.24. The van der Waals surface area contributed by atoms with Crippen LogP contribution in [0.15, 0.2) is 35.1 Å². The topological polar surface area (TPSA) is 74.8 Å². The van der Waals surface area contributed by atoms with Crippen LogP contribution in [0.25, 0.3) is 11.3 Å². The quantitative estimate of drug-likeness (QED) is 0.753. The number of nitrogens with one attached hydrogen (secondary N) is 2. The van der Waals surface area contributed by atoms with Gasteiger partial charge in [0.1, 0.15) is 0 Å². The van der Waals surface area contributed by atoms with Gasteiger partial charge in [0, 0.05) is 11.6 Å². The number of aryl methyl sites for hydroxylation is 1. The van der Waals surface area contributed by atoms with Gasteiger partial charge in [-0.1, -0.05) is 31.7 Å². The van der Waals surface area contributed by atoms with Gasteiger partial charge in [0.15, 0.2) is 0 Å². The molecule has 0 atom stereocenters. The number of aromatic nitrogens is 2. The van der Waals surface area contributed by atoms with Crippen LogP contribution in [0.5, 0.6) is 0 Å². The van der Waals surface area contributed by atoms with E-state index in [-0.39, 0.29) is 5.56 Å². The average Bonchev–Trinajstić information content (AvgIpc) is 2.39. The lowest BCUT2D eigenvalue weighted by Gasteiger charge is -2.10. The van der Waals surface area contributed by atoms with Crippen molar-refractivity contribution in [2.45, 2.75) is 13.3 Å². The van der Waals surface area contributed by atoms with Crippen LogP contribution in [0.3, 0.4) is 0 Å². The molecule has 1 aromatic carbocycles. The molecule has 1 heterocycles. The molecule has 0 saturated heterocycles. The second kappa shape index (κ2) is 5.71. The normalized spacial score (nSPS) is 10.2. The van der Waals surface area contributed by atoms with Gasteiger partial charge in [0.05, 0.1) is 11.4 Å². The highest BCUT2D eigenvalue weighted by molar-refractivity contribution is 7.96. The molecule has 0 aliphatic rings. The number of aromatic amines is 1. The Labute approximate surface area is 115 Å². The summed E-state index contributed by atoms with van der Waals surface area (Å²) in [5.74, 6) is 0. The molecule has 5 nitrogen and oxygen atoms in total. The Morgan fingerprint density at radius 3 is 2.74 bits per heavy atom. The number of hydrogen-bond donors (Lipinski definition) is 3. The predicted octanol–water partition coefficient (Wildman–Crippen LogP) is 2.46. The molecule has 0 unspecified atom stereocenters. The number of benzene rings is 1. The molecule has 0 spiro atoms. The van der Waals surface area contributed by atoms with Gasteiger partial charge in [-0.05, 0) is 24.1 Å². The van der Waals surface area contributed by atoms with E-state index in [0.717, 1.165) is 17.5 Å². The van der Waals surface area contributed by atoms with Gasteiger partial charge in [0.2, 0.25) is 0 Å². The number of carbonyl (C=O) groups excluding carboxylic acids is 1. The summed E-state index contributed by atoms with van der Waals surface area (Å²) in [5.41, 5.74) is 2.76. The van der Waals surface area contributed by atoms with Gasteiger partial charge in [-0.15, -0.1) is 0 Å². The molecule has 0 saturated carbocycles. The fraction of sp³-hybridized carbons (Fsp3) is 0.154. The lowest BCUT2D eigenvalue weighted by atomic mass is 10.0. The van der Waals surface area contributed by atoms with E-state index in [1.807, 2.05) is 25.1 Å². The Balaban J connectivity index is 2.51. The number of rotatable bonds is 3. The summed E-state index contributed by atoms with van der Waals surface area (Å²) in [7, 11) is 0. The SMILES string of the molecule is CCc1ccc(-c2ccc(=O)[nH]n2)c(NC(=O)S)c1. The van der Waals surface area contributed by atoms with Crippen molar-refractivity contribution in [1.29, 1.82) is 0 Å². The van der Waals surface area contributed by atoms with E-state index in [0.29, 0.717) is 11.4 Å². The van der Waals surface area contributed by atoms with Crippen LogP contribution in [0.4, 0.5) is 10.5 Å². The number of anilines is 1. The third-order valence-corrected chi connectivity index (χ3v) is 2.80. The molecule has 0 aliphatic heterocycles. The number of H-pyrrole nitrogens is 1. The van der Waals surface area contributed by atoms with Crippen LogP contribution in [0, 0.1) is 0 Å². The third-order valence-electron chi connectivity index (χ3n) is 2.69. The van der Waals surface area contributed by atoms with Gasteiger partial charge in [0.25, 0.3) is 10.8 Å². The first-order valence-electron chi connectivity index (χ1n) is 5.79. The standard InChI is InChI=1S/C13H13N3O2S/c1-2-8-3-4-9(11(7-8)14-13(18)19)10-5-6-12(17)16-15-10/h3-7H,2H2,1H3,(H,16,17)(H2,14,18,19). The van der Waals surface area contributed by atoms with Crippen LogP contribution >= 0.6 is 12.6 Å². The van der Waals surface area contributed by atoms with Crippen molar-refractivity contribution in [3.63, 3.8) is 0 Å². The number of thiol groups is 1. The Hall–Kier alpha value is -2.08. The van der Waals surface area contributed by atoms with E-state index in [1.54, 1.807) is 6.07 Å². The molecular formula is C13H13N3O2S. The fourth-order valence-electron chi connectivity index (χ4n) is 1.75. The number of hydrogen-bond acceptors (Lipinski definition) is 3. The zero-order valence-electron chi connectivity index (χ0n) is 10.3. The smallest absolute Gasteiger partial charge is 0.280 e. The van der Waals surface area contributed by atoms with Gasteiger partial charge in [-0.25, -0.2) is 5.10 Å². The zero-order valence-corrected chi connectivity index (χ0v) is 11.2. The molecule has 0 bridgehead atoms. The van der Waals surface area contributed by atoms with E-state index < -0.39 is 5.24 Å². The maximum Gasteiger partial charge on any atom is 0.280 e. The highest BCUT2D eigenvalue weighted by Gasteiger charge is 2.09. The summed E-state index contributed by atoms with van der Waals surface area (Å²) >= 11 is 3.72. The number of nitrogens with zero attached hydrogens (tertiary/aromatic N) is 1. The predicted molar refractivity (Wildman–Crippen MR) is 77.7 cm³/mol. The fourth-order valence-corrected chi connectivity index (χ4v) is 1.87. The van der Waals surface area contributed by atoms with E-state index in [2.05, 4.69) is 28.1 Å². The highest BCUT2D eigenvalue weighted by atomic mass is 32.1. The summed E-state index contributed by atoms with van der Waals surface area (Å²) < 4.78 is 0. The van der Waals surface area contributed by atoms with Crippen molar-refractivity contribution in [3.05, 3.63) is 46.2 Å². The van der Waals surface area contributed by atoms with Crippen LogP contribution in [-0.2, 0) is 6.42 Å². The lowest BCUT2D eigenvalue weighted by Crippen LogP contribution is -2.08. The molecule has 0 fully saturated rings. The van der Waals surface area contributed by atoms with Crippen molar-refractivity contribution in [2.75, 3.05) is 5.32 Å². The summed E-state index contributed by atoms with van der Waals surface area (Å²) in [5, 5.41) is 8.54. The van der Waals surface area contributed by atoms with Crippen LogP contribution in [0.1, 0.15) is 12.5 Å². The van der Waals surface area contributed by atoms with Crippen molar-refractivity contribution < 1.29 is 4.79 Å². The Morgan fingerprint density at radius 1 is 1.37 bits per heavy atom. The molecule has 0 radical (unpaired) electrons. The summed E-state index contributed by atoms with van der Waals surface area (Å²) in [6.45, 7) is 2.03. The lowest BCUT2D eigenvalue weighted by molar-refractivity contribution is 0.270. The minimum absolute atomic E-state index is 0.270. The maximum absolute atomic E-state index is 11.1. The first-order chi connectivity index (χ1) is 9.10. The highest BCUT2D eigenvalue weighted by Crippen LogP contribution is 2.27. The van der Waals surface area contributed by atoms with Crippen molar-refractivity contribution in [1.82, 2.24) is 10.2 Å². The maximum atomic E-state index is 11.1. The largest absolute Gasteiger partial charge is 0.316 e. The van der Waals surface area contributed by atoms with Crippen LogP contribution < -0.4 is 10.9 Å². The van der Waals surface area contributed by atoms with E-state index in [1.165, 1.54) is 6.07 Å². The van der Waals surface area contributed by atoms with Crippen molar-refractivity contribution in [3.8, 4) is 11.3 Å². The molecular weight excluding hydrogens is 262 g/mol. The minimum atomic E-state index is -0.445. The van der Waals surface area contributed by atoms with E-state index in [9.17, 15) is 9.59 Å². The molecule has 1 amide bonds. The summed E-state index contributed by atoms with van der Waals surface area (Å²) in [6, 6.07) is 8.68. The van der Waals surface area contributed by atoms with E-state index >= 15 is 0 Å². The first kappa shape index (κ1) is 13.4. The Kier molecular flexibility index (Phi) is 4.01. The monoisotopic (exact) mass is 275 g/mol. The summed E-state index contributed by atoms with van der Waals surface area (Å²) in [6.07, 6.45) is 0.856. The molecule has 6 heteroatoms. The van der Waals surface area contributed by atoms with Gasteiger partial charge < -0.3 is 5.32 Å². The Bertz CT molecular complexity index is 647. The molecule has 19 heavy (non-hydrogen) atoms. The average molecular weight is 275 g/mol. The second-order valence-corrected chi connectivity index (χ2v) is 4.38. The summed E-state index contributed by atoms with van der Waals surface area (Å²) in [4.78, 5) is 22.1. The molecule has 2 N–H and O–H groups in total. The van der Waals surface area contributed by atoms with E-state index in [4.69, 9.17) is 0 Å². The molecule has 98 valence electrons. The molecule has 0 aliphatic carbocycles. The Morgan fingerprint density at radius 2 is 2.16 bits per heavy atom. The van der Waals surface area contributed by atoms with Crippen LogP contribution in [-0.4, -0.2) is 15.4 Å². The third kappa shape index (κ3) is 3.23. The molecule has 2 aromatic rings. The van der Waals surface area contributed by atoms with Crippen LogP contribution in [0.2, 0.25) is 0 Å². The van der Waals surface area contributed by atoms with Crippen molar-refractivity contribution >= 4 is 23.6 Å². The minimum Gasteiger partial charge on any atom is -0.316 e. The molecule has 1 aromatic heterocycles.